The van der Waals surface area contributed by atoms with E-state index in [1.807, 2.05) is 60.7 Å². The first kappa shape index (κ1) is 40.9. The molecular weight excluding hydrogens is 754 g/mol. The van der Waals surface area contributed by atoms with Crippen LogP contribution in [-0.4, -0.2) is 99.0 Å². The Morgan fingerprint density at radius 1 is 0.759 bits per heavy atom. The van der Waals surface area contributed by atoms with Crippen LogP contribution in [0.3, 0.4) is 0 Å². The van der Waals surface area contributed by atoms with E-state index in [0.29, 0.717) is 56.2 Å². The van der Waals surface area contributed by atoms with Gasteiger partial charge in [0.05, 0.1) is 18.7 Å². The standard InChI is InChI=1S/C20H25N5O5.C18H20N6O4/c1-3-29-18(27)12-17(26)15-9-10-25(16(11-15)19-21-22-23-24(19)2)20(28)30-13-14-7-5-4-6-8-14;1-23-17(19-21-22-23)14-9-13(15-10-16(25)20-28-15)7-8-24(14)18(26)27-11-12-5-3-2-4-6-12/h4-8,15-16H,3,9-13H2,1-2H3;2-6,10,13-14H,7-9,11H2,1H3,(H,20,25). The Morgan fingerprint density at radius 2 is 1.29 bits per heavy atom. The molecule has 7 rings (SSSR count). The topological polar surface area (TPSA) is 236 Å². The van der Waals surface area contributed by atoms with E-state index in [2.05, 4.69) is 36.2 Å². The molecule has 0 radical (unpaired) electrons. The number of likely N-dealkylation sites (tertiary alicyclic amines) is 2. The molecule has 2 amide bonds. The fourth-order valence-corrected chi connectivity index (χ4v) is 7.05. The third-order valence-electron chi connectivity index (χ3n) is 10.0. The van der Waals surface area contributed by atoms with Gasteiger partial charge in [0, 0.05) is 45.1 Å². The number of hydrogen-bond acceptors (Lipinski definition) is 15. The number of nitrogens with zero attached hydrogens (tertiary/aromatic N) is 10. The number of ether oxygens (including phenoxy) is 3. The first-order valence-electron chi connectivity index (χ1n) is 18.9. The molecule has 2 fully saturated rings. The van der Waals surface area contributed by atoms with E-state index < -0.39 is 30.1 Å². The summed E-state index contributed by atoms with van der Waals surface area (Å²) in [7, 11) is 3.40. The summed E-state index contributed by atoms with van der Waals surface area (Å²) in [4.78, 5) is 64.4. The van der Waals surface area contributed by atoms with Gasteiger partial charge < -0.3 is 18.7 Å². The number of aromatic nitrogens is 9. The van der Waals surface area contributed by atoms with Gasteiger partial charge in [-0.3, -0.25) is 24.2 Å². The number of carbonyl (C=O) groups excluding carboxylic acids is 4. The molecule has 3 aromatic heterocycles. The van der Waals surface area contributed by atoms with Crippen LogP contribution in [0.1, 0.15) is 85.6 Å². The Labute approximate surface area is 332 Å². The largest absolute Gasteiger partial charge is 0.466 e. The maximum absolute atomic E-state index is 12.8. The molecule has 0 aliphatic carbocycles. The monoisotopic (exact) mass is 799 g/mol. The molecule has 20 nitrogen and oxygen atoms in total. The van der Waals surface area contributed by atoms with Gasteiger partial charge in [-0.25, -0.2) is 19.0 Å². The fraction of sp³-hybridized carbons (Fsp3) is 0.447. The number of aromatic amines is 1. The smallest absolute Gasteiger partial charge is 0.410 e. The minimum atomic E-state index is -0.538. The lowest BCUT2D eigenvalue weighted by atomic mass is 9.86. The molecular formula is C38H45N11O9. The average Bonchev–Trinajstić information content (AvgIpc) is 4.00. The number of piperidine rings is 2. The predicted molar refractivity (Wildman–Crippen MR) is 200 cm³/mol. The maximum Gasteiger partial charge on any atom is 0.410 e. The van der Waals surface area contributed by atoms with E-state index in [-0.39, 0.29) is 49.5 Å². The van der Waals surface area contributed by atoms with Gasteiger partial charge >= 0.3 is 18.2 Å². The number of Topliss-reactive ketones (excluding diaryl/α,β-unsaturated/α-hetero) is 1. The molecule has 2 aliphatic rings. The average molecular weight is 800 g/mol. The lowest BCUT2D eigenvalue weighted by molar-refractivity contribution is -0.146. The summed E-state index contributed by atoms with van der Waals surface area (Å²) in [5, 5.41) is 25.5. The number of amides is 2. The first-order valence-corrected chi connectivity index (χ1v) is 18.9. The second-order valence-corrected chi connectivity index (χ2v) is 13.8. The lowest BCUT2D eigenvalue weighted by Crippen LogP contribution is -2.44. The zero-order valence-corrected chi connectivity index (χ0v) is 32.4. The van der Waals surface area contributed by atoms with Gasteiger partial charge in [-0.15, -0.1) is 10.2 Å². The highest BCUT2D eigenvalue weighted by molar-refractivity contribution is 5.97. The zero-order chi connectivity index (χ0) is 41.0. The van der Waals surface area contributed by atoms with E-state index in [4.69, 9.17) is 18.7 Å². The minimum absolute atomic E-state index is 0.0289. The summed E-state index contributed by atoms with van der Waals surface area (Å²) < 4.78 is 24.1. The number of tetrazole rings is 2. The Bertz CT molecular complexity index is 2190. The third kappa shape index (κ3) is 10.4. The highest BCUT2D eigenvalue weighted by Gasteiger charge is 2.40. The Hall–Kier alpha value is -6.73. The number of benzene rings is 2. The van der Waals surface area contributed by atoms with Crippen molar-refractivity contribution in [3.63, 3.8) is 0 Å². The van der Waals surface area contributed by atoms with Gasteiger partial charge in [-0.05, 0) is 64.6 Å². The van der Waals surface area contributed by atoms with Crippen LogP contribution in [0, 0.1) is 5.92 Å². The van der Waals surface area contributed by atoms with E-state index in [0.717, 1.165) is 11.1 Å². The number of carbonyl (C=O) groups is 4. The summed E-state index contributed by atoms with van der Waals surface area (Å²) in [6, 6.07) is 19.4. The van der Waals surface area contributed by atoms with Crippen LogP contribution >= 0.6 is 0 Å². The third-order valence-corrected chi connectivity index (χ3v) is 10.0. The van der Waals surface area contributed by atoms with Crippen molar-refractivity contribution in [3.8, 4) is 0 Å². The van der Waals surface area contributed by atoms with Gasteiger partial charge in [0.1, 0.15) is 31.2 Å². The normalized spacial score (nSPS) is 19.1. The molecule has 0 spiro atoms. The summed E-state index contributed by atoms with van der Waals surface area (Å²) in [5.74, 6) is 0.421. The summed E-state index contributed by atoms with van der Waals surface area (Å²) >= 11 is 0. The molecule has 306 valence electrons. The zero-order valence-electron chi connectivity index (χ0n) is 32.4. The summed E-state index contributed by atoms with van der Waals surface area (Å²) in [6.45, 7) is 2.99. The molecule has 0 bridgehead atoms. The number of esters is 1. The highest BCUT2D eigenvalue weighted by Crippen LogP contribution is 2.39. The molecule has 2 saturated heterocycles. The number of ketones is 1. The van der Waals surface area contributed by atoms with Crippen LogP contribution in [-0.2, 0) is 51.1 Å². The molecule has 0 saturated carbocycles. The van der Waals surface area contributed by atoms with Crippen LogP contribution in [0.5, 0.6) is 0 Å². The highest BCUT2D eigenvalue weighted by atomic mass is 16.6. The van der Waals surface area contributed by atoms with Crippen molar-refractivity contribution >= 4 is 23.9 Å². The quantitative estimate of drug-likeness (QED) is 0.114. The number of H-pyrrole nitrogens is 1. The molecule has 5 heterocycles. The number of hydrogen-bond donors (Lipinski definition) is 1. The molecule has 20 heteroatoms. The van der Waals surface area contributed by atoms with Crippen LogP contribution in [0.2, 0.25) is 0 Å². The van der Waals surface area contributed by atoms with Crippen LogP contribution in [0.15, 0.2) is 76.0 Å². The molecule has 1 N–H and O–H groups in total. The summed E-state index contributed by atoms with van der Waals surface area (Å²) in [6.07, 6.45) is 0.709. The van der Waals surface area contributed by atoms with E-state index in [9.17, 15) is 24.0 Å². The molecule has 4 atom stereocenters. The van der Waals surface area contributed by atoms with Crippen molar-refractivity contribution in [2.24, 2.45) is 20.0 Å². The van der Waals surface area contributed by atoms with Crippen molar-refractivity contribution in [2.45, 2.75) is 70.2 Å². The summed E-state index contributed by atoms with van der Waals surface area (Å²) in [5.41, 5.74) is 1.51. The number of nitrogens with one attached hydrogen (secondary N) is 1. The Morgan fingerprint density at radius 3 is 1.78 bits per heavy atom. The molecule has 2 aromatic carbocycles. The van der Waals surface area contributed by atoms with Gasteiger partial charge in [0.2, 0.25) is 0 Å². The number of aryl methyl sites for hydroxylation is 2. The Balaban J connectivity index is 0.000000196. The van der Waals surface area contributed by atoms with Crippen LogP contribution < -0.4 is 5.56 Å². The van der Waals surface area contributed by atoms with Gasteiger partial charge in [0.25, 0.3) is 5.56 Å². The van der Waals surface area contributed by atoms with E-state index in [1.54, 1.807) is 30.8 Å². The van der Waals surface area contributed by atoms with Crippen molar-refractivity contribution in [1.82, 2.24) is 55.4 Å². The maximum atomic E-state index is 12.8. The van der Waals surface area contributed by atoms with Gasteiger partial charge in [0.15, 0.2) is 11.6 Å². The van der Waals surface area contributed by atoms with Crippen molar-refractivity contribution in [2.75, 3.05) is 19.7 Å². The van der Waals surface area contributed by atoms with Gasteiger partial charge in [-0.2, -0.15) is 5.16 Å². The SMILES string of the molecule is CCOC(=O)CC(=O)C1CCN(C(=O)OCc2ccccc2)C(c2nnnn2C)C1.Cn1nnnc1C1CC(c2cc(=O)[nH]o2)CCN1C(=O)OCc1ccccc1. The van der Waals surface area contributed by atoms with Crippen LogP contribution in [0.4, 0.5) is 9.59 Å². The number of rotatable bonds is 11. The van der Waals surface area contributed by atoms with Crippen molar-refractivity contribution < 1.29 is 37.9 Å². The molecule has 4 unspecified atom stereocenters. The minimum Gasteiger partial charge on any atom is -0.466 e. The predicted octanol–water partition coefficient (Wildman–Crippen LogP) is 3.57. The Kier molecular flexibility index (Phi) is 13.7. The molecule has 58 heavy (non-hydrogen) atoms. The van der Waals surface area contributed by atoms with E-state index >= 15 is 0 Å². The molecule has 2 aliphatic heterocycles. The lowest BCUT2D eigenvalue weighted by Gasteiger charge is -2.37. The van der Waals surface area contributed by atoms with E-state index in [1.165, 1.54) is 15.4 Å². The van der Waals surface area contributed by atoms with Crippen LogP contribution in [0.25, 0.3) is 0 Å². The first-order chi connectivity index (χ1) is 28.1. The van der Waals surface area contributed by atoms with Crippen molar-refractivity contribution in [1.29, 1.82) is 0 Å². The second-order valence-electron chi connectivity index (χ2n) is 13.8. The molecule has 5 aromatic rings. The van der Waals surface area contributed by atoms with Crippen molar-refractivity contribution in [3.05, 3.63) is 106 Å². The second kappa shape index (κ2) is 19.4. The fourth-order valence-electron chi connectivity index (χ4n) is 7.05. The van der Waals surface area contributed by atoms with Gasteiger partial charge in [-0.1, -0.05) is 60.7 Å².